The fourth-order valence-corrected chi connectivity index (χ4v) is 3.08. The van der Waals surface area contributed by atoms with Crippen LogP contribution >= 0.6 is 11.3 Å². The lowest BCUT2D eigenvalue weighted by molar-refractivity contribution is 0.0933. The Hall–Kier alpha value is -1.92. The number of hydrogen-bond donors (Lipinski definition) is 2. The largest absolute Gasteiger partial charge is 0.487 e. The predicted octanol–water partition coefficient (Wildman–Crippen LogP) is 2.50. The molecule has 122 valence electrons. The second kappa shape index (κ2) is 7.10. The highest BCUT2D eigenvalue weighted by Gasteiger charge is 2.31. The van der Waals surface area contributed by atoms with Crippen molar-refractivity contribution >= 4 is 17.2 Å². The summed E-state index contributed by atoms with van der Waals surface area (Å²) in [4.78, 5) is 16.7. The molecule has 2 aromatic rings. The molecule has 0 spiro atoms. The molecule has 1 saturated carbocycles. The summed E-state index contributed by atoms with van der Waals surface area (Å²) in [6, 6.07) is 7.29. The summed E-state index contributed by atoms with van der Waals surface area (Å²) in [6.07, 6.45) is 2.30. The molecule has 0 aliphatic heterocycles. The van der Waals surface area contributed by atoms with Gasteiger partial charge in [-0.05, 0) is 43.9 Å². The van der Waals surface area contributed by atoms with Gasteiger partial charge in [0, 0.05) is 23.5 Å². The van der Waals surface area contributed by atoms with Crippen LogP contribution in [0.5, 0.6) is 5.75 Å². The third-order valence-electron chi connectivity index (χ3n) is 3.91. The van der Waals surface area contributed by atoms with Gasteiger partial charge in [0.25, 0.3) is 5.91 Å². The van der Waals surface area contributed by atoms with Gasteiger partial charge in [-0.1, -0.05) is 6.07 Å². The summed E-state index contributed by atoms with van der Waals surface area (Å²) in [5, 5.41) is 6.02. The molecule has 1 aromatic heterocycles. The number of benzene rings is 1. The fraction of sp³-hybridized carbons (Fsp3) is 0.412. The number of aryl methyl sites for hydroxylation is 1. The van der Waals surface area contributed by atoms with Gasteiger partial charge in [-0.25, -0.2) is 4.98 Å². The number of hydrogen-bond acceptors (Lipinski definition) is 5. The third-order valence-corrected chi connectivity index (χ3v) is 4.73. The minimum absolute atomic E-state index is 0.0741. The molecule has 23 heavy (non-hydrogen) atoms. The van der Waals surface area contributed by atoms with Crippen molar-refractivity contribution in [3.05, 3.63) is 45.9 Å². The van der Waals surface area contributed by atoms with Crippen molar-refractivity contribution < 1.29 is 9.53 Å². The van der Waals surface area contributed by atoms with E-state index in [-0.39, 0.29) is 11.9 Å². The van der Waals surface area contributed by atoms with Crippen LogP contribution in [0.1, 0.15) is 33.9 Å². The Balaban J connectivity index is 1.60. The highest BCUT2D eigenvalue weighted by Crippen LogP contribution is 2.32. The number of amides is 1. The van der Waals surface area contributed by atoms with Crippen molar-refractivity contribution in [1.82, 2.24) is 10.3 Å². The number of nitrogens with zero attached hydrogens (tertiary/aromatic N) is 1. The molecule has 5 nitrogen and oxygen atoms in total. The Morgan fingerprint density at radius 1 is 1.52 bits per heavy atom. The van der Waals surface area contributed by atoms with Gasteiger partial charge in [0.05, 0.1) is 10.7 Å². The lowest BCUT2D eigenvalue weighted by Gasteiger charge is -2.16. The summed E-state index contributed by atoms with van der Waals surface area (Å²) < 4.78 is 5.73. The zero-order valence-corrected chi connectivity index (χ0v) is 13.9. The van der Waals surface area contributed by atoms with E-state index >= 15 is 0 Å². The average Bonchev–Trinajstić information content (AvgIpc) is 3.32. The second-order valence-corrected chi connectivity index (χ2v) is 6.89. The topological polar surface area (TPSA) is 77.2 Å². The van der Waals surface area contributed by atoms with Gasteiger partial charge in [-0.2, -0.15) is 0 Å². The van der Waals surface area contributed by atoms with E-state index in [9.17, 15) is 4.79 Å². The van der Waals surface area contributed by atoms with Crippen LogP contribution in [0.4, 0.5) is 0 Å². The summed E-state index contributed by atoms with van der Waals surface area (Å²) in [5.74, 6) is 1.11. The van der Waals surface area contributed by atoms with Crippen LogP contribution in [0.15, 0.2) is 29.6 Å². The van der Waals surface area contributed by atoms with Gasteiger partial charge in [-0.3, -0.25) is 4.79 Å². The van der Waals surface area contributed by atoms with Gasteiger partial charge in [0.15, 0.2) is 0 Å². The van der Waals surface area contributed by atoms with E-state index in [1.54, 1.807) is 23.5 Å². The van der Waals surface area contributed by atoms with Crippen LogP contribution in [-0.2, 0) is 6.61 Å². The normalized spacial score (nSPS) is 15.2. The minimum atomic E-state index is -0.0951. The van der Waals surface area contributed by atoms with Crippen LogP contribution in [0.3, 0.4) is 0 Å². The van der Waals surface area contributed by atoms with Gasteiger partial charge < -0.3 is 15.8 Å². The highest BCUT2D eigenvalue weighted by molar-refractivity contribution is 7.09. The maximum absolute atomic E-state index is 12.3. The van der Waals surface area contributed by atoms with E-state index in [1.807, 2.05) is 24.4 Å². The zero-order valence-electron chi connectivity index (χ0n) is 13.1. The van der Waals surface area contributed by atoms with Gasteiger partial charge in [-0.15, -0.1) is 11.3 Å². The van der Waals surface area contributed by atoms with Gasteiger partial charge in [0.1, 0.15) is 12.4 Å². The quantitative estimate of drug-likeness (QED) is 0.817. The molecular weight excluding hydrogens is 310 g/mol. The zero-order chi connectivity index (χ0) is 16.2. The number of carbonyl (C=O) groups is 1. The molecule has 1 amide bonds. The molecule has 1 fully saturated rings. The number of nitrogens with one attached hydrogen (secondary N) is 1. The van der Waals surface area contributed by atoms with Crippen molar-refractivity contribution in [3.8, 4) is 5.75 Å². The van der Waals surface area contributed by atoms with Crippen molar-refractivity contribution in [2.24, 2.45) is 11.7 Å². The fourth-order valence-electron chi connectivity index (χ4n) is 2.48. The molecule has 1 heterocycles. The molecule has 3 rings (SSSR count). The first-order valence-corrected chi connectivity index (χ1v) is 8.68. The summed E-state index contributed by atoms with van der Waals surface area (Å²) in [5.41, 5.74) is 7.23. The van der Waals surface area contributed by atoms with E-state index in [1.165, 1.54) is 0 Å². The van der Waals surface area contributed by atoms with E-state index in [2.05, 4.69) is 10.3 Å². The van der Waals surface area contributed by atoms with Crippen LogP contribution in [0.25, 0.3) is 0 Å². The molecule has 3 N–H and O–H groups in total. The number of aromatic nitrogens is 1. The monoisotopic (exact) mass is 331 g/mol. The van der Waals surface area contributed by atoms with Crippen LogP contribution in [0.2, 0.25) is 0 Å². The van der Waals surface area contributed by atoms with E-state index in [0.29, 0.717) is 30.4 Å². The smallest absolute Gasteiger partial charge is 0.251 e. The van der Waals surface area contributed by atoms with E-state index in [4.69, 9.17) is 10.5 Å². The van der Waals surface area contributed by atoms with Crippen LogP contribution < -0.4 is 15.8 Å². The van der Waals surface area contributed by atoms with Crippen molar-refractivity contribution in [3.63, 3.8) is 0 Å². The van der Waals surface area contributed by atoms with Crippen LogP contribution in [-0.4, -0.2) is 23.5 Å². The summed E-state index contributed by atoms with van der Waals surface area (Å²) >= 11 is 1.60. The number of carbonyl (C=O) groups excluding carboxylic acids is 1. The highest BCUT2D eigenvalue weighted by atomic mass is 32.1. The first-order valence-electron chi connectivity index (χ1n) is 7.80. The molecular formula is C17H21N3O2S. The number of rotatable bonds is 7. The summed E-state index contributed by atoms with van der Waals surface area (Å²) in [6.45, 7) is 2.85. The SMILES string of the molecule is Cc1nc(COc2cccc(C(=O)NC(CN)C3CC3)c2)cs1. The van der Waals surface area contributed by atoms with Crippen molar-refractivity contribution in [2.75, 3.05) is 6.54 Å². The Morgan fingerprint density at radius 3 is 3.00 bits per heavy atom. The molecule has 0 saturated heterocycles. The van der Waals surface area contributed by atoms with E-state index < -0.39 is 0 Å². The van der Waals surface area contributed by atoms with Crippen molar-refractivity contribution in [2.45, 2.75) is 32.4 Å². The Labute approximate surface area is 139 Å². The predicted molar refractivity (Wildman–Crippen MR) is 90.7 cm³/mol. The maximum Gasteiger partial charge on any atom is 0.251 e. The Kier molecular flexibility index (Phi) is 4.93. The first-order chi connectivity index (χ1) is 11.2. The molecule has 1 aliphatic carbocycles. The lowest BCUT2D eigenvalue weighted by atomic mass is 10.1. The number of nitrogens with two attached hydrogens (primary N) is 1. The number of thiazole rings is 1. The lowest BCUT2D eigenvalue weighted by Crippen LogP contribution is -2.41. The summed E-state index contributed by atoms with van der Waals surface area (Å²) in [7, 11) is 0. The molecule has 0 radical (unpaired) electrons. The average molecular weight is 331 g/mol. The minimum Gasteiger partial charge on any atom is -0.487 e. The second-order valence-electron chi connectivity index (χ2n) is 5.83. The standard InChI is InChI=1S/C17H21N3O2S/c1-11-19-14(10-23-11)9-22-15-4-2-3-13(7-15)17(21)20-16(8-18)12-5-6-12/h2-4,7,10,12,16H,5-6,8-9,18H2,1H3,(H,20,21). The van der Waals surface area contributed by atoms with Gasteiger partial charge in [0.2, 0.25) is 0 Å². The Bertz CT molecular complexity index is 682. The number of ether oxygens (including phenoxy) is 1. The molecule has 1 aliphatic rings. The Morgan fingerprint density at radius 2 is 2.35 bits per heavy atom. The maximum atomic E-state index is 12.3. The van der Waals surface area contributed by atoms with Gasteiger partial charge >= 0.3 is 0 Å². The molecule has 0 bridgehead atoms. The molecule has 1 aromatic carbocycles. The first kappa shape index (κ1) is 16.0. The third kappa shape index (κ3) is 4.30. The molecule has 1 unspecified atom stereocenters. The van der Waals surface area contributed by atoms with Crippen LogP contribution in [0, 0.1) is 12.8 Å². The van der Waals surface area contributed by atoms with E-state index in [0.717, 1.165) is 23.5 Å². The molecule has 1 atom stereocenters. The van der Waals surface area contributed by atoms with Crippen molar-refractivity contribution in [1.29, 1.82) is 0 Å². The molecule has 6 heteroatoms.